The third-order valence-electron chi connectivity index (χ3n) is 5.01. The number of nitrogens with one attached hydrogen (secondary N) is 1. The van der Waals surface area contributed by atoms with Gasteiger partial charge in [-0.05, 0) is 39.7 Å². The van der Waals surface area contributed by atoms with Gasteiger partial charge in [-0.3, -0.25) is 9.59 Å². The number of rotatable bonds is 4. The van der Waals surface area contributed by atoms with Crippen LogP contribution in [0.3, 0.4) is 0 Å². The van der Waals surface area contributed by atoms with Crippen molar-refractivity contribution in [2.45, 2.75) is 51.7 Å². The lowest BCUT2D eigenvalue weighted by atomic mass is 9.91. The fourth-order valence-electron chi connectivity index (χ4n) is 3.61. The van der Waals surface area contributed by atoms with Crippen molar-refractivity contribution in [3.8, 4) is 0 Å². The fourth-order valence-corrected chi connectivity index (χ4v) is 3.61. The van der Waals surface area contributed by atoms with Crippen molar-refractivity contribution >= 4 is 17.5 Å². The molecule has 2 aliphatic heterocycles. The first kappa shape index (κ1) is 19.3. The maximum absolute atomic E-state index is 14.0. The molecule has 1 fully saturated rings. The van der Waals surface area contributed by atoms with Crippen LogP contribution in [-0.2, 0) is 14.4 Å². The molecule has 1 saturated heterocycles. The number of likely N-dealkylation sites (tertiary alicyclic amines) is 1. The van der Waals surface area contributed by atoms with E-state index in [2.05, 4.69) is 10.5 Å². The lowest BCUT2D eigenvalue weighted by molar-refractivity contribution is -0.155. The molecule has 0 aromatic heterocycles. The molecule has 1 N–H and O–H groups in total. The normalized spacial score (nSPS) is 25.1. The maximum Gasteiger partial charge on any atom is 0.269 e. The standard InChI is InChI=1S/C20H26FN3O3/c1-13(2)22-18(25)14-7-6-10-24(12-14)19(26)20(3)11-17(23-27-20)15-8-4-5-9-16(15)21/h4-5,8-9,13-14H,6-7,10-12H2,1-3H3,(H,22,25). The average molecular weight is 375 g/mol. The second-order valence-corrected chi connectivity index (χ2v) is 7.77. The highest BCUT2D eigenvalue weighted by Gasteiger charge is 2.46. The number of halogens is 1. The molecule has 2 amide bonds. The van der Waals surface area contributed by atoms with Crippen LogP contribution in [0.15, 0.2) is 29.4 Å². The summed E-state index contributed by atoms with van der Waals surface area (Å²) in [6.45, 7) is 6.45. The zero-order valence-corrected chi connectivity index (χ0v) is 16.0. The summed E-state index contributed by atoms with van der Waals surface area (Å²) in [6, 6.07) is 6.38. The van der Waals surface area contributed by atoms with E-state index in [0.717, 1.165) is 12.8 Å². The second-order valence-electron chi connectivity index (χ2n) is 7.77. The summed E-state index contributed by atoms with van der Waals surface area (Å²) in [4.78, 5) is 32.5. The number of benzene rings is 1. The SMILES string of the molecule is CC(C)NC(=O)C1CCCN(C(=O)C2(C)CC(c3ccccc3F)=NO2)C1. The summed E-state index contributed by atoms with van der Waals surface area (Å²) >= 11 is 0. The quantitative estimate of drug-likeness (QED) is 0.879. The Balaban J connectivity index is 1.67. The van der Waals surface area contributed by atoms with E-state index < -0.39 is 5.60 Å². The third-order valence-corrected chi connectivity index (χ3v) is 5.01. The minimum Gasteiger partial charge on any atom is -0.379 e. The predicted octanol–water partition coefficient (Wildman–Crippen LogP) is 2.47. The van der Waals surface area contributed by atoms with Gasteiger partial charge in [-0.1, -0.05) is 23.4 Å². The number of carbonyl (C=O) groups is 2. The molecule has 0 aliphatic carbocycles. The molecule has 2 heterocycles. The summed E-state index contributed by atoms with van der Waals surface area (Å²) in [5, 5.41) is 6.89. The highest BCUT2D eigenvalue weighted by Crippen LogP contribution is 2.31. The molecule has 1 aromatic rings. The zero-order chi connectivity index (χ0) is 19.6. The van der Waals surface area contributed by atoms with Gasteiger partial charge in [-0.25, -0.2) is 4.39 Å². The van der Waals surface area contributed by atoms with Crippen LogP contribution in [0.25, 0.3) is 0 Å². The first-order chi connectivity index (χ1) is 12.8. The van der Waals surface area contributed by atoms with Crippen LogP contribution in [0.1, 0.15) is 45.6 Å². The number of amides is 2. The van der Waals surface area contributed by atoms with Gasteiger partial charge >= 0.3 is 0 Å². The number of oxime groups is 1. The van der Waals surface area contributed by atoms with Gasteiger partial charge in [0.1, 0.15) is 5.82 Å². The van der Waals surface area contributed by atoms with Crippen molar-refractivity contribution in [2.75, 3.05) is 13.1 Å². The predicted molar refractivity (Wildman–Crippen MR) is 99.6 cm³/mol. The highest BCUT2D eigenvalue weighted by molar-refractivity contribution is 6.05. The Morgan fingerprint density at radius 3 is 2.81 bits per heavy atom. The summed E-state index contributed by atoms with van der Waals surface area (Å²) in [5.74, 6) is -0.843. The van der Waals surface area contributed by atoms with Crippen molar-refractivity contribution < 1.29 is 18.8 Å². The summed E-state index contributed by atoms with van der Waals surface area (Å²) in [6.07, 6.45) is 1.72. The maximum atomic E-state index is 14.0. The van der Waals surface area contributed by atoms with Gasteiger partial charge in [0.15, 0.2) is 0 Å². The molecule has 146 valence electrons. The van der Waals surface area contributed by atoms with Crippen molar-refractivity contribution in [2.24, 2.45) is 11.1 Å². The number of hydrogen-bond donors (Lipinski definition) is 1. The Morgan fingerprint density at radius 2 is 2.11 bits per heavy atom. The number of carbonyl (C=O) groups excluding carboxylic acids is 2. The van der Waals surface area contributed by atoms with Crippen molar-refractivity contribution in [1.29, 1.82) is 0 Å². The van der Waals surface area contributed by atoms with Gasteiger partial charge in [-0.15, -0.1) is 0 Å². The lowest BCUT2D eigenvalue weighted by Gasteiger charge is -2.36. The van der Waals surface area contributed by atoms with Crippen LogP contribution in [-0.4, -0.2) is 47.2 Å². The lowest BCUT2D eigenvalue weighted by Crippen LogP contribution is -2.53. The van der Waals surface area contributed by atoms with Gasteiger partial charge in [0.25, 0.3) is 5.91 Å². The van der Waals surface area contributed by atoms with Crippen LogP contribution >= 0.6 is 0 Å². The molecule has 0 spiro atoms. The first-order valence-corrected chi connectivity index (χ1v) is 9.40. The molecule has 27 heavy (non-hydrogen) atoms. The highest BCUT2D eigenvalue weighted by atomic mass is 19.1. The van der Waals surface area contributed by atoms with Crippen LogP contribution in [0.2, 0.25) is 0 Å². The topological polar surface area (TPSA) is 71.0 Å². The molecule has 1 aromatic carbocycles. The van der Waals surface area contributed by atoms with E-state index >= 15 is 0 Å². The molecular weight excluding hydrogens is 349 g/mol. The van der Waals surface area contributed by atoms with E-state index in [1.54, 1.807) is 30.0 Å². The summed E-state index contributed by atoms with van der Waals surface area (Å²) < 4.78 is 14.0. The van der Waals surface area contributed by atoms with Crippen LogP contribution in [0.4, 0.5) is 4.39 Å². The number of nitrogens with zero attached hydrogens (tertiary/aromatic N) is 2. The molecule has 2 unspecified atom stereocenters. The van der Waals surface area contributed by atoms with E-state index in [-0.39, 0.29) is 36.0 Å². The Hall–Kier alpha value is -2.44. The summed E-state index contributed by atoms with van der Waals surface area (Å²) in [5.41, 5.74) is -0.398. The minimum absolute atomic E-state index is 0.0247. The Morgan fingerprint density at radius 1 is 1.37 bits per heavy atom. The molecule has 3 rings (SSSR count). The van der Waals surface area contributed by atoms with E-state index in [9.17, 15) is 14.0 Å². The molecule has 2 aliphatic rings. The molecule has 0 radical (unpaired) electrons. The van der Waals surface area contributed by atoms with Crippen LogP contribution < -0.4 is 5.32 Å². The van der Waals surface area contributed by atoms with Gasteiger partial charge < -0.3 is 15.1 Å². The second kappa shape index (κ2) is 7.66. The van der Waals surface area contributed by atoms with Gasteiger partial charge in [0, 0.05) is 31.1 Å². The molecule has 0 saturated carbocycles. The number of hydrogen-bond acceptors (Lipinski definition) is 4. The molecule has 6 nitrogen and oxygen atoms in total. The average Bonchev–Trinajstić information content (AvgIpc) is 3.04. The summed E-state index contributed by atoms with van der Waals surface area (Å²) in [7, 11) is 0. The third kappa shape index (κ3) is 4.12. The largest absolute Gasteiger partial charge is 0.379 e. The zero-order valence-electron chi connectivity index (χ0n) is 16.0. The van der Waals surface area contributed by atoms with E-state index in [0.29, 0.717) is 24.4 Å². The van der Waals surface area contributed by atoms with Gasteiger partial charge in [0.2, 0.25) is 11.5 Å². The monoisotopic (exact) mass is 375 g/mol. The molecule has 0 bridgehead atoms. The fraction of sp³-hybridized carbons (Fsp3) is 0.550. The van der Waals surface area contributed by atoms with E-state index in [4.69, 9.17) is 4.84 Å². The van der Waals surface area contributed by atoms with Crippen molar-refractivity contribution in [1.82, 2.24) is 10.2 Å². The van der Waals surface area contributed by atoms with Crippen molar-refractivity contribution in [3.63, 3.8) is 0 Å². The molecule has 7 heteroatoms. The van der Waals surface area contributed by atoms with E-state index in [1.807, 2.05) is 13.8 Å². The van der Waals surface area contributed by atoms with Crippen molar-refractivity contribution in [3.05, 3.63) is 35.6 Å². The first-order valence-electron chi connectivity index (χ1n) is 9.40. The Kier molecular flexibility index (Phi) is 5.48. The minimum atomic E-state index is -1.17. The smallest absolute Gasteiger partial charge is 0.269 e. The van der Waals surface area contributed by atoms with Gasteiger partial charge in [-0.2, -0.15) is 0 Å². The molecule has 2 atom stereocenters. The van der Waals surface area contributed by atoms with Crippen LogP contribution in [0, 0.1) is 11.7 Å². The number of piperidine rings is 1. The Bertz CT molecular complexity index is 765. The van der Waals surface area contributed by atoms with E-state index in [1.165, 1.54) is 6.07 Å². The van der Waals surface area contributed by atoms with Crippen LogP contribution in [0.5, 0.6) is 0 Å². The molecular formula is C20H26FN3O3. The van der Waals surface area contributed by atoms with Gasteiger partial charge in [0.05, 0.1) is 11.6 Å². The Labute approximate surface area is 158 Å².